The molecule has 0 saturated heterocycles. The zero-order chi connectivity index (χ0) is 18.4. The second-order valence-electron chi connectivity index (χ2n) is 6.84. The number of aryl methyl sites for hydroxylation is 3. The van der Waals surface area contributed by atoms with Gasteiger partial charge in [-0.2, -0.15) is 0 Å². The molecule has 0 bridgehead atoms. The molecule has 5 heteroatoms. The molecule has 0 unspecified atom stereocenters. The van der Waals surface area contributed by atoms with Gasteiger partial charge in [0.25, 0.3) is 5.91 Å². The monoisotopic (exact) mass is 371 g/mol. The van der Waals surface area contributed by atoms with Crippen molar-refractivity contribution in [1.82, 2.24) is 5.32 Å². The standard InChI is InChI=1S/C21H25NO3S/c1-15(11-12-16-7-3-2-4-8-16)22-20(23)14-25-21(24)19-13-17-9-5-6-10-18(17)26-19/h2-4,7-8,13,15H,5-6,9-12,14H2,1H3,(H,22,23)/t15-/m0/s1. The third kappa shape index (κ3) is 5.18. The molecular weight excluding hydrogens is 346 g/mol. The molecule has 1 aliphatic rings. The van der Waals surface area contributed by atoms with E-state index >= 15 is 0 Å². The molecule has 26 heavy (non-hydrogen) atoms. The van der Waals surface area contributed by atoms with Crippen LogP contribution in [0.2, 0.25) is 0 Å². The van der Waals surface area contributed by atoms with Crippen LogP contribution < -0.4 is 5.32 Å². The van der Waals surface area contributed by atoms with Gasteiger partial charge in [-0.1, -0.05) is 30.3 Å². The van der Waals surface area contributed by atoms with E-state index in [1.54, 1.807) is 0 Å². The molecule has 138 valence electrons. The number of esters is 1. The number of fused-ring (bicyclic) bond motifs is 1. The Morgan fingerprint density at radius 2 is 1.96 bits per heavy atom. The zero-order valence-corrected chi connectivity index (χ0v) is 15.9. The molecular formula is C21H25NO3S. The van der Waals surface area contributed by atoms with Gasteiger partial charge < -0.3 is 10.1 Å². The van der Waals surface area contributed by atoms with Crippen LogP contribution in [0.25, 0.3) is 0 Å². The van der Waals surface area contributed by atoms with Crippen LogP contribution in [0.3, 0.4) is 0 Å². The molecule has 1 N–H and O–H groups in total. The van der Waals surface area contributed by atoms with Gasteiger partial charge in [-0.05, 0) is 62.6 Å². The Morgan fingerprint density at radius 3 is 2.73 bits per heavy atom. The summed E-state index contributed by atoms with van der Waals surface area (Å²) >= 11 is 1.51. The second-order valence-corrected chi connectivity index (χ2v) is 7.97. The average molecular weight is 372 g/mol. The van der Waals surface area contributed by atoms with Crippen molar-refractivity contribution in [2.45, 2.75) is 51.5 Å². The highest BCUT2D eigenvalue weighted by atomic mass is 32.1. The Balaban J connectivity index is 1.40. The number of hydrogen-bond acceptors (Lipinski definition) is 4. The van der Waals surface area contributed by atoms with Crippen molar-refractivity contribution in [3.05, 3.63) is 57.3 Å². The fourth-order valence-electron chi connectivity index (χ4n) is 3.21. The van der Waals surface area contributed by atoms with Crippen molar-refractivity contribution in [1.29, 1.82) is 0 Å². The molecule has 0 aliphatic heterocycles. The van der Waals surface area contributed by atoms with Gasteiger partial charge in [-0.3, -0.25) is 4.79 Å². The summed E-state index contributed by atoms with van der Waals surface area (Å²) in [6.07, 6.45) is 6.21. The van der Waals surface area contributed by atoms with Crippen LogP contribution >= 0.6 is 11.3 Å². The van der Waals surface area contributed by atoms with Crippen LogP contribution in [0, 0.1) is 0 Å². The fourth-order valence-corrected chi connectivity index (χ4v) is 4.36. The minimum absolute atomic E-state index is 0.0375. The minimum atomic E-state index is -0.392. The molecule has 4 nitrogen and oxygen atoms in total. The molecule has 1 amide bonds. The molecule has 0 saturated carbocycles. The van der Waals surface area contributed by atoms with E-state index in [0.717, 1.165) is 25.7 Å². The van der Waals surface area contributed by atoms with Crippen LogP contribution in [0.15, 0.2) is 36.4 Å². The number of hydrogen-bond donors (Lipinski definition) is 1. The van der Waals surface area contributed by atoms with Gasteiger partial charge in [-0.25, -0.2) is 4.79 Å². The summed E-state index contributed by atoms with van der Waals surface area (Å²) in [6.45, 7) is 1.74. The Hall–Kier alpha value is -2.14. The van der Waals surface area contributed by atoms with Gasteiger partial charge in [0.15, 0.2) is 6.61 Å². The zero-order valence-electron chi connectivity index (χ0n) is 15.1. The molecule has 1 heterocycles. The molecule has 1 aliphatic carbocycles. The predicted octanol–water partition coefficient (Wildman–Crippen LogP) is 3.92. The summed E-state index contributed by atoms with van der Waals surface area (Å²) in [4.78, 5) is 26.1. The Labute approximate surface area is 158 Å². The lowest BCUT2D eigenvalue weighted by Gasteiger charge is -2.13. The van der Waals surface area contributed by atoms with E-state index in [0.29, 0.717) is 4.88 Å². The summed E-state index contributed by atoms with van der Waals surface area (Å²) in [5.41, 5.74) is 2.52. The van der Waals surface area contributed by atoms with Crippen LogP contribution in [-0.2, 0) is 28.8 Å². The smallest absolute Gasteiger partial charge is 0.348 e. The van der Waals surface area contributed by atoms with Crippen LogP contribution in [0.1, 0.15) is 51.9 Å². The highest BCUT2D eigenvalue weighted by Gasteiger charge is 2.19. The van der Waals surface area contributed by atoms with E-state index in [9.17, 15) is 9.59 Å². The van der Waals surface area contributed by atoms with E-state index < -0.39 is 5.97 Å². The number of benzene rings is 1. The summed E-state index contributed by atoms with van der Waals surface area (Å²) in [6, 6.07) is 12.2. The summed E-state index contributed by atoms with van der Waals surface area (Å²) in [5, 5.41) is 2.89. The Morgan fingerprint density at radius 1 is 1.19 bits per heavy atom. The Kier molecular flexibility index (Phi) is 6.45. The van der Waals surface area contributed by atoms with E-state index in [2.05, 4.69) is 17.4 Å². The number of ether oxygens (including phenoxy) is 1. The third-order valence-electron chi connectivity index (χ3n) is 4.65. The molecule has 1 aromatic carbocycles. The van der Waals surface area contributed by atoms with Crippen molar-refractivity contribution in [2.24, 2.45) is 0 Å². The normalized spacial score (nSPS) is 14.3. The highest BCUT2D eigenvalue weighted by molar-refractivity contribution is 7.14. The molecule has 3 rings (SSSR count). The van der Waals surface area contributed by atoms with Crippen LogP contribution in [0.4, 0.5) is 0 Å². The number of amides is 1. The topological polar surface area (TPSA) is 55.4 Å². The van der Waals surface area contributed by atoms with Gasteiger partial charge in [-0.15, -0.1) is 11.3 Å². The quantitative estimate of drug-likeness (QED) is 0.751. The molecule has 0 spiro atoms. The van der Waals surface area contributed by atoms with Crippen molar-refractivity contribution >= 4 is 23.2 Å². The van der Waals surface area contributed by atoms with Gasteiger partial charge in [0.05, 0.1) is 0 Å². The first kappa shape index (κ1) is 18.6. The lowest BCUT2D eigenvalue weighted by Crippen LogP contribution is -2.36. The first-order valence-corrected chi connectivity index (χ1v) is 10.1. The Bertz CT molecular complexity index is 730. The van der Waals surface area contributed by atoms with Crippen molar-refractivity contribution in [3.63, 3.8) is 0 Å². The highest BCUT2D eigenvalue weighted by Crippen LogP contribution is 2.29. The predicted molar refractivity (Wildman–Crippen MR) is 104 cm³/mol. The first-order chi connectivity index (χ1) is 12.6. The van der Waals surface area contributed by atoms with Crippen LogP contribution in [-0.4, -0.2) is 24.5 Å². The second kappa shape index (κ2) is 8.99. The van der Waals surface area contributed by atoms with Crippen molar-refractivity contribution in [2.75, 3.05) is 6.61 Å². The summed E-state index contributed by atoms with van der Waals surface area (Å²) < 4.78 is 5.19. The van der Waals surface area contributed by atoms with Gasteiger partial charge in [0.2, 0.25) is 0 Å². The lowest BCUT2D eigenvalue weighted by atomic mass is 9.99. The summed E-state index contributed by atoms with van der Waals surface area (Å²) in [5.74, 6) is -0.642. The number of carbonyl (C=O) groups excluding carboxylic acids is 2. The molecule has 1 atom stereocenters. The first-order valence-electron chi connectivity index (χ1n) is 9.24. The van der Waals surface area contributed by atoms with Crippen LogP contribution in [0.5, 0.6) is 0 Å². The minimum Gasteiger partial charge on any atom is -0.451 e. The van der Waals surface area contributed by atoms with Gasteiger partial charge in [0, 0.05) is 10.9 Å². The molecule has 0 radical (unpaired) electrons. The fraction of sp³-hybridized carbons (Fsp3) is 0.429. The molecule has 0 fully saturated rings. The third-order valence-corrected chi connectivity index (χ3v) is 5.87. The summed E-state index contributed by atoms with van der Waals surface area (Å²) in [7, 11) is 0. The number of nitrogens with one attached hydrogen (secondary N) is 1. The largest absolute Gasteiger partial charge is 0.451 e. The number of carbonyl (C=O) groups is 2. The maximum atomic E-state index is 12.2. The van der Waals surface area contributed by atoms with E-state index in [1.165, 1.54) is 40.2 Å². The molecule has 2 aromatic rings. The average Bonchev–Trinajstić information content (AvgIpc) is 3.09. The maximum absolute atomic E-state index is 12.2. The van der Waals surface area contributed by atoms with E-state index in [1.807, 2.05) is 31.2 Å². The van der Waals surface area contributed by atoms with Crippen molar-refractivity contribution in [3.8, 4) is 0 Å². The maximum Gasteiger partial charge on any atom is 0.348 e. The van der Waals surface area contributed by atoms with E-state index in [4.69, 9.17) is 4.74 Å². The van der Waals surface area contributed by atoms with Crippen molar-refractivity contribution < 1.29 is 14.3 Å². The van der Waals surface area contributed by atoms with Gasteiger partial charge >= 0.3 is 5.97 Å². The van der Waals surface area contributed by atoms with E-state index in [-0.39, 0.29) is 18.6 Å². The van der Waals surface area contributed by atoms with Gasteiger partial charge in [0.1, 0.15) is 4.88 Å². The number of rotatable bonds is 7. The lowest BCUT2D eigenvalue weighted by molar-refractivity contribution is -0.124. The molecule has 1 aromatic heterocycles. The SMILES string of the molecule is C[C@@H](CCc1ccccc1)NC(=O)COC(=O)c1cc2c(s1)CCCC2. The number of thiophene rings is 1.